The zero-order chi connectivity index (χ0) is 20.7. The number of phenols is 1. The smallest absolute Gasteiger partial charge is 0.321 e. The molecule has 1 saturated carbocycles. The van der Waals surface area contributed by atoms with Gasteiger partial charge in [0.15, 0.2) is 0 Å². The Kier molecular flexibility index (Phi) is 5.42. The molecule has 3 rings (SSSR count). The number of urea groups is 1. The Hall–Kier alpha value is -2.12. The van der Waals surface area contributed by atoms with Crippen molar-refractivity contribution in [1.82, 2.24) is 10.2 Å². The monoisotopic (exact) mass is 389 g/mol. The van der Waals surface area contributed by atoms with E-state index in [9.17, 15) is 19.8 Å². The second-order valence-corrected chi connectivity index (χ2v) is 8.29. The van der Waals surface area contributed by atoms with Gasteiger partial charge in [-0.3, -0.25) is 9.69 Å². The highest BCUT2D eigenvalue weighted by atomic mass is 16.3. The number of carbonyl (C=O) groups excluding carboxylic acids is 2. The molecule has 1 aromatic rings. The van der Waals surface area contributed by atoms with Gasteiger partial charge < -0.3 is 21.3 Å². The summed E-state index contributed by atoms with van der Waals surface area (Å²) < 4.78 is 0. The minimum atomic E-state index is -1.05. The van der Waals surface area contributed by atoms with Crippen LogP contribution in [0.3, 0.4) is 0 Å². The molecular formula is C21H31N3O4. The number of hydrogen-bond donors (Lipinski definition) is 4. The number of aliphatic hydroxyl groups is 1. The number of aryl methyl sites for hydroxylation is 1. The van der Waals surface area contributed by atoms with Crippen molar-refractivity contribution in [3.8, 4) is 5.75 Å². The molecule has 0 spiro atoms. The summed E-state index contributed by atoms with van der Waals surface area (Å²) >= 11 is 0. The largest absolute Gasteiger partial charge is 0.508 e. The second-order valence-electron chi connectivity index (χ2n) is 8.29. The third kappa shape index (κ3) is 3.06. The number of hydrogen-bond acceptors (Lipinski definition) is 5. The Morgan fingerprint density at radius 2 is 2.07 bits per heavy atom. The van der Waals surface area contributed by atoms with Crippen molar-refractivity contribution in [3.05, 3.63) is 29.3 Å². The maximum atomic E-state index is 13.0. The molecule has 4 atom stereocenters. The number of nitrogens with zero attached hydrogens (tertiary/aromatic N) is 1. The highest BCUT2D eigenvalue weighted by molar-refractivity contribution is 5.95. The van der Waals surface area contributed by atoms with Gasteiger partial charge in [-0.05, 0) is 76.3 Å². The van der Waals surface area contributed by atoms with Gasteiger partial charge in [0.2, 0.25) is 5.91 Å². The number of piperidine rings is 1. The van der Waals surface area contributed by atoms with Crippen molar-refractivity contribution in [1.29, 1.82) is 0 Å². The highest BCUT2D eigenvalue weighted by Gasteiger charge is 2.60. The van der Waals surface area contributed by atoms with E-state index in [-0.39, 0.29) is 24.2 Å². The molecule has 1 aliphatic carbocycles. The molecular weight excluding hydrogens is 358 g/mol. The zero-order valence-electron chi connectivity index (χ0n) is 16.9. The number of nitrogens with one attached hydrogen (secondary N) is 1. The molecule has 7 nitrogen and oxygen atoms in total. The number of primary amides is 1. The first kappa shape index (κ1) is 20.6. The summed E-state index contributed by atoms with van der Waals surface area (Å²) in [5, 5.41) is 25.3. The van der Waals surface area contributed by atoms with Gasteiger partial charge in [0, 0.05) is 23.9 Å². The summed E-state index contributed by atoms with van der Waals surface area (Å²) in [6.45, 7) is 6.58. The molecule has 5 N–H and O–H groups in total. The van der Waals surface area contributed by atoms with Crippen LogP contribution < -0.4 is 11.1 Å². The van der Waals surface area contributed by atoms with Gasteiger partial charge in [-0.25, -0.2) is 4.79 Å². The number of benzene rings is 1. The van der Waals surface area contributed by atoms with Crippen molar-refractivity contribution < 1.29 is 19.8 Å². The summed E-state index contributed by atoms with van der Waals surface area (Å²) in [5.74, 6) is -0.538. The van der Waals surface area contributed by atoms with E-state index in [2.05, 4.69) is 5.32 Å². The molecule has 2 fully saturated rings. The lowest BCUT2D eigenvalue weighted by molar-refractivity contribution is -0.148. The van der Waals surface area contributed by atoms with Crippen LogP contribution in [0.1, 0.15) is 50.7 Å². The minimum Gasteiger partial charge on any atom is -0.508 e. The van der Waals surface area contributed by atoms with Crippen LogP contribution in [-0.4, -0.2) is 51.8 Å². The van der Waals surface area contributed by atoms with Crippen LogP contribution in [0.5, 0.6) is 5.75 Å². The van der Waals surface area contributed by atoms with E-state index in [1.54, 1.807) is 19.1 Å². The number of amides is 3. The van der Waals surface area contributed by atoms with Crippen molar-refractivity contribution >= 4 is 11.9 Å². The molecule has 28 heavy (non-hydrogen) atoms. The number of nitrogens with two attached hydrogens (primary N) is 1. The lowest BCUT2D eigenvalue weighted by Crippen LogP contribution is -2.69. The average molecular weight is 389 g/mol. The molecule has 0 radical (unpaired) electrons. The van der Waals surface area contributed by atoms with Crippen LogP contribution in [0.25, 0.3) is 0 Å². The number of aromatic hydroxyl groups is 1. The van der Waals surface area contributed by atoms with Gasteiger partial charge in [-0.2, -0.15) is 0 Å². The fourth-order valence-corrected chi connectivity index (χ4v) is 5.41. The minimum absolute atomic E-state index is 0.143. The maximum Gasteiger partial charge on any atom is 0.321 e. The van der Waals surface area contributed by atoms with E-state index in [1.807, 2.05) is 19.9 Å². The van der Waals surface area contributed by atoms with Crippen LogP contribution in [0.15, 0.2) is 18.2 Å². The summed E-state index contributed by atoms with van der Waals surface area (Å²) in [6.07, 6.45) is 1.99. The van der Waals surface area contributed by atoms with Gasteiger partial charge in [0.25, 0.3) is 0 Å². The molecule has 1 aliphatic heterocycles. The zero-order valence-corrected chi connectivity index (χ0v) is 16.9. The van der Waals surface area contributed by atoms with E-state index in [1.165, 1.54) is 0 Å². The predicted octanol–water partition coefficient (Wildman–Crippen LogP) is 1.78. The number of carbonyl (C=O) groups is 2. The van der Waals surface area contributed by atoms with Crippen LogP contribution in [0.4, 0.5) is 4.79 Å². The summed E-state index contributed by atoms with van der Waals surface area (Å²) in [5.41, 5.74) is 5.51. The molecule has 4 unspecified atom stereocenters. The standard InChI is InChI=1S/C21H31N3O4/c1-4-24(19(22)27)18(26)15-7-8-21(28)14(3)23-10-9-20(21,12-15)17-11-16(25)6-5-13(17)2/h5-6,11,14-15,23,25,28H,4,7-10,12H2,1-3H3,(H2,22,27). The van der Waals surface area contributed by atoms with Crippen molar-refractivity contribution in [2.24, 2.45) is 11.7 Å². The number of fused-ring (bicyclic) bond motifs is 1. The third-order valence-corrected chi connectivity index (χ3v) is 6.95. The van der Waals surface area contributed by atoms with Crippen LogP contribution >= 0.6 is 0 Å². The van der Waals surface area contributed by atoms with Gasteiger partial charge >= 0.3 is 6.03 Å². The fraction of sp³-hybridized carbons (Fsp3) is 0.619. The SMILES string of the molecule is CCN(C(N)=O)C(=O)C1CCC2(O)C(C)NCCC2(c2cc(O)ccc2C)C1. The molecule has 1 heterocycles. The maximum absolute atomic E-state index is 13.0. The van der Waals surface area contributed by atoms with Gasteiger partial charge in [0.1, 0.15) is 5.75 Å². The molecule has 154 valence electrons. The Morgan fingerprint density at radius 3 is 2.71 bits per heavy atom. The predicted molar refractivity (Wildman–Crippen MR) is 106 cm³/mol. The van der Waals surface area contributed by atoms with Crippen LogP contribution in [0.2, 0.25) is 0 Å². The Labute approximate surface area is 165 Å². The second kappa shape index (κ2) is 7.37. The topological polar surface area (TPSA) is 116 Å². The first-order chi connectivity index (χ1) is 13.2. The highest BCUT2D eigenvalue weighted by Crippen LogP contribution is 2.55. The van der Waals surface area contributed by atoms with E-state index in [0.29, 0.717) is 32.2 Å². The Bertz CT molecular complexity index is 783. The summed E-state index contributed by atoms with van der Waals surface area (Å²) in [4.78, 5) is 25.8. The fourth-order valence-electron chi connectivity index (χ4n) is 5.41. The Morgan fingerprint density at radius 1 is 1.36 bits per heavy atom. The van der Waals surface area contributed by atoms with Crippen molar-refractivity contribution in [2.75, 3.05) is 13.1 Å². The van der Waals surface area contributed by atoms with E-state index >= 15 is 0 Å². The number of rotatable bonds is 3. The lowest BCUT2D eigenvalue weighted by atomic mass is 9.51. The first-order valence-corrected chi connectivity index (χ1v) is 10.0. The molecule has 0 bridgehead atoms. The first-order valence-electron chi connectivity index (χ1n) is 10.0. The van der Waals surface area contributed by atoms with Gasteiger partial charge in [-0.1, -0.05) is 6.07 Å². The normalized spacial score (nSPS) is 32.4. The van der Waals surface area contributed by atoms with Gasteiger partial charge in [0.05, 0.1) is 5.60 Å². The number of imide groups is 1. The molecule has 1 aromatic carbocycles. The summed E-state index contributed by atoms with van der Waals surface area (Å²) in [7, 11) is 0. The van der Waals surface area contributed by atoms with Crippen molar-refractivity contribution in [3.63, 3.8) is 0 Å². The molecule has 0 aromatic heterocycles. The Balaban J connectivity index is 2.09. The third-order valence-electron chi connectivity index (χ3n) is 6.95. The number of phenolic OH excluding ortho intramolecular Hbond substituents is 1. The summed E-state index contributed by atoms with van der Waals surface area (Å²) in [6, 6.07) is 4.31. The van der Waals surface area contributed by atoms with E-state index < -0.39 is 23.0 Å². The molecule has 3 amide bonds. The lowest BCUT2D eigenvalue weighted by Gasteiger charge is -2.59. The van der Waals surface area contributed by atoms with E-state index in [4.69, 9.17) is 5.73 Å². The average Bonchev–Trinajstić information content (AvgIpc) is 2.64. The molecule has 2 aliphatic rings. The van der Waals surface area contributed by atoms with E-state index in [0.717, 1.165) is 16.0 Å². The quantitative estimate of drug-likeness (QED) is 0.629. The molecule has 7 heteroatoms. The van der Waals surface area contributed by atoms with Crippen molar-refractivity contribution in [2.45, 2.75) is 63.5 Å². The van der Waals surface area contributed by atoms with Gasteiger partial charge in [-0.15, -0.1) is 0 Å². The van der Waals surface area contributed by atoms with Crippen LogP contribution in [0, 0.1) is 12.8 Å². The van der Waals surface area contributed by atoms with Crippen LogP contribution in [-0.2, 0) is 10.2 Å². The molecule has 1 saturated heterocycles.